The van der Waals surface area contributed by atoms with Crippen LogP contribution >= 0.6 is 11.6 Å². The molecule has 0 bridgehead atoms. The zero-order valence-corrected chi connectivity index (χ0v) is 32.0. The predicted octanol–water partition coefficient (Wildman–Crippen LogP) is 10.9. The lowest BCUT2D eigenvalue weighted by atomic mass is 10.1. The van der Waals surface area contributed by atoms with Gasteiger partial charge in [-0.3, -0.25) is 0 Å². The number of anilines is 2. The van der Waals surface area contributed by atoms with Gasteiger partial charge >= 0.3 is 25.2 Å². The lowest BCUT2D eigenvalue weighted by Crippen LogP contribution is -2.01. The Labute approximate surface area is 331 Å². The van der Waals surface area contributed by atoms with E-state index in [0.29, 0.717) is 29.6 Å². The summed E-state index contributed by atoms with van der Waals surface area (Å²) >= 11 is 5.58. The Morgan fingerprint density at radius 3 is 1.37 bits per heavy atom. The minimum Gasteiger partial charge on any atom is -0.463 e. The fraction of sp³-hybridized carbons (Fsp3) is 0.190. The predicted molar refractivity (Wildman–Crippen MR) is 208 cm³/mol. The molecule has 6 rings (SSSR count). The van der Waals surface area contributed by atoms with Gasteiger partial charge in [0.05, 0.1) is 20.1 Å². The third kappa shape index (κ3) is 13.1. The zero-order chi connectivity index (χ0) is 41.5. The maximum Gasteiger partial charge on any atom is 0.387 e. The zero-order valence-electron chi connectivity index (χ0n) is 31.2. The van der Waals surface area contributed by atoms with E-state index in [4.69, 9.17) is 26.2 Å². The number of aryl methyl sites for hydroxylation is 2. The lowest BCUT2D eigenvalue weighted by molar-refractivity contribution is -0.0505. The third-order valence-corrected chi connectivity index (χ3v) is 8.35. The summed E-state index contributed by atoms with van der Waals surface area (Å²) in [5, 5.41) is 3.27. The number of nitrogens with one attached hydrogen (secondary N) is 1. The number of esters is 2. The Morgan fingerprint density at radius 1 is 0.632 bits per heavy atom. The summed E-state index contributed by atoms with van der Waals surface area (Å²) in [5.41, 5.74) is 12.6. The number of methoxy groups -OCH3 is 2. The molecule has 0 radical (unpaired) electrons. The van der Waals surface area contributed by atoms with Gasteiger partial charge in [0.15, 0.2) is 0 Å². The van der Waals surface area contributed by atoms with Crippen LogP contribution in [0.4, 0.5) is 28.9 Å². The molecular weight excluding hydrogens is 772 g/mol. The van der Waals surface area contributed by atoms with Gasteiger partial charge in [0.25, 0.3) is 0 Å². The van der Waals surface area contributed by atoms with E-state index in [1.54, 1.807) is 62.4 Å². The van der Waals surface area contributed by atoms with Crippen LogP contribution in [0.1, 0.15) is 43.8 Å². The number of furan rings is 2. The molecule has 300 valence electrons. The number of nitrogen functional groups attached to an aromatic ring is 1. The minimum absolute atomic E-state index is 0.124. The standard InChI is InChI=1S/C21H19F2NO4.C13H11F2NO.C8H9ClO3/c1-13-16(11-19(27-13)20(25)26-2)12-24-17-7-3-14(4-8-17)15-5-9-18(10-6-15)28-21(22)23;14-13(15)17-12-7-3-10(4-8-12)9-1-5-11(16)6-2-9;1-5-6(4-9)3-7(12-5)8(10)11-2/h3-11,21,24H,12H2,1-2H3;1-8,13H,16H2;3H,4H2,1-2H3. The molecule has 57 heavy (non-hydrogen) atoms. The lowest BCUT2D eigenvalue weighted by Gasteiger charge is -2.08. The largest absolute Gasteiger partial charge is 0.463 e. The van der Waals surface area contributed by atoms with Crippen molar-refractivity contribution in [1.29, 1.82) is 0 Å². The average molecular weight is 811 g/mol. The van der Waals surface area contributed by atoms with Crippen molar-refractivity contribution in [3.8, 4) is 33.8 Å². The van der Waals surface area contributed by atoms with Crippen LogP contribution in [0.3, 0.4) is 0 Å². The summed E-state index contributed by atoms with van der Waals surface area (Å²) in [6.45, 7) is -1.60. The van der Waals surface area contributed by atoms with Gasteiger partial charge in [-0.1, -0.05) is 48.5 Å². The van der Waals surface area contributed by atoms with E-state index in [1.807, 2.05) is 36.4 Å². The number of hydrogen-bond donors (Lipinski definition) is 2. The monoisotopic (exact) mass is 810 g/mol. The van der Waals surface area contributed by atoms with Crippen LogP contribution in [-0.4, -0.2) is 39.4 Å². The number of ether oxygens (including phenoxy) is 4. The molecule has 2 aromatic heterocycles. The molecule has 0 unspecified atom stereocenters. The van der Waals surface area contributed by atoms with Crippen molar-refractivity contribution in [2.24, 2.45) is 0 Å². The highest BCUT2D eigenvalue weighted by atomic mass is 35.5. The number of carbonyl (C=O) groups is 2. The first kappa shape index (κ1) is 43.3. The number of carbonyl (C=O) groups excluding carboxylic acids is 2. The molecule has 0 saturated carbocycles. The number of alkyl halides is 5. The molecule has 0 aliphatic heterocycles. The molecular formula is C42H39ClF4N2O8. The Morgan fingerprint density at radius 2 is 1.00 bits per heavy atom. The van der Waals surface area contributed by atoms with Gasteiger partial charge in [-0.2, -0.15) is 17.6 Å². The molecule has 0 fully saturated rings. The van der Waals surface area contributed by atoms with Gasteiger partial charge in [0.1, 0.15) is 23.0 Å². The second-order valence-corrected chi connectivity index (χ2v) is 12.1. The molecule has 0 atom stereocenters. The van der Waals surface area contributed by atoms with Gasteiger partial charge in [-0.05, 0) is 96.8 Å². The summed E-state index contributed by atoms with van der Waals surface area (Å²) in [6.07, 6.45) is 0. The molecule has 0 amide bonds. The van der Waals surface area contributed by atoms with Crippen LogP contribution < -0.4 is 20.5 Å². The van der Waals surface area contributed by atoms with Crippen LogP contribution in [0.2, 0.25) is 0 Å². The second kappa shape index (κ2) is 21.0. The fourth-order valence-electron chi connectivity index (χ4n) is 5.06. The smallest absolute Gasteiger partial charge is 0.387 e. The first-order chi connectivity index (χ1) is 27.3. The average Bonchev–Trinajstić information content (AvgIpc) is 3.78. The summed E-state index contributed by atoms with van der Waals surface area (Å²) in [4.78, 5) is 22.5. The van der Waals surface area contributed by atoms with Crippen LogP contribution in [0.15, 0.2) is 118 Å². The first-order valence-electron chi connectivity index (χ1n) is 17.0. The Bertz CT molecular complexity index is 2170. The molecule has 4 aromatic carbocycles. The molecule has 2 heterocycles. The minimum atomic E-state index is -2.83. The first-order valence-corrected chi connectivity index (χ1v) is 17.5. The summed E-state index contributed by atoms with van der Waals surface area (Å²) < 4.78 is 76.6. The number of hydrogen-bond acceptors (Lipinski definition) is 10. The van der Waals surface area contributed by atoms with Crippen LogP contribution in [0, 0.1) is 13.8 Å². The normalized spacial score (nSPS) is 10.5. The highest BCUT2D eigenvalue weighted by Crippen LogP contribution is 2.26. The molecule has 0 aliphatic rings. The van der Waals surface area contributed by atoms with Crippen molar-refractivity contribution >= 4 is 34.9 Å². The topological polar surface area (TPSA) is 135 Å². The van der Waals surface area contributed by atoms with Crippen LogP contribution in [0.25, 0.3) is 22.3 Å². The molecule has 3 N–H and O–H groups in total. The van der Waals surface area contributed by atoms with E-state index in [9.17, 15) is 27.2 Å². The summed E-state index contributed by atoms with van der Waals surface area (Å²) in [7, 11) is 2.61. The van der Waals surface area contributed by atoms with Gasteiger partial charge < -0.3 is 38.8 Å². The molecule has 10 nitrogen and oxygen atoms in total. The van der Waals surface area contributed by atoms with Crippen LogP contribution in [-0.2, 0) is 21.9 Å². The Hall–Kier alpha value is -6.41. The van der Waals surface area contributed by atoms with E-state index >= 15 is 0 Å². The van der Waals surface area contributed by atoms with Gasteiger partial charge in [0.2, 0.25) is 11.5 Å². The van der Waals surface area contributed by atoms with E-state index < -0.39 is 25.2 Å². The molecule has 0 saturated heterocycles. The van der Waals surface area contributed by atoms with E-state index in [2.05, 4.69) is 24.3 Å². The quantitative estimate of drug-likeness (QED) is 0.0532. The Balaban J connectivity index is 0.000000210. The summed E-state index contributed by atoms with van der Waals surface area (Å²) in [6, 6.07) is 31.2. The second-order valence-electron chi connectivity index (χ2n) is 11.9. The van der Waals surface area contributed by atoms with Gasteiger partial charge in [0, 0.05) is 29.0 Å². The van der Waals surface area contributed by atoms with E-state index in [0.717, 1.165) is 39.1 Å². The van der Waals surface area contributed by atoms with Crippen molar-refractivity contribution in [2.75, 3.05) is 25.3 Å². The van der Waals surface area contributed by atoms with E-state index in [1.165, 1.54) is 38.5 Å². The van der Waals surface area contributed by atoms with Crippen molar-refractivity contribution < 1.29 is 54.9 Å². The Kier molecular flexibility index (Phi) is 16.0. The van der Waals surface area contributed by atoms with Gasteiger partial charge in [-0.15, -0.1) is 11.6 Å². The third-order valence-electron chi connectivity index (χ3n) is 8.06. The van der Waals surface area contributed by atoms with Crippen molar-refractivity contribution in [3.63, 3.8) is 0 Å². The van der Waals surface area contributed by atoms with Gasteiger partial charge in [-0.25, -0.2) is 9.59 Å². The number of rotatable bonds is 12. The maximum atomic E-state index is 12.2. The van der Waals surface area contributed by atoms with Crippen molar-refractivity contribution in [1.82, 2.24) is 0 Å². The maximum absolute atomic E-state index is 12.2. The van der Waals surface area contributed by atoms with Crippen molar-refractivity contribution in [2.45, 2.75) is 39.5 Å². The van der Waals surface area contributed by atoms with Crippen LogP contribution in [0.5, 0.6) is 11.5 Å². The highest BCUT2D eigenvalue weighted by Gasteiger charge is 2.15. The fourth-order valence-corrected chi connectivity index (χ4v) is 5.33. The number of nitrogens with two attached hydrogens (primary N) is 1. The SMILES string of the molecule is COC(=O)c1cc(CCl)c(C)o1.COC(=O)c1cc(CNc2ccc(-c3ccc(OC(F)F)cc3)cc2)c(C)o1.Nc1ccc(-c2ccc(OC(F)F)cc2)cc1. The molecule has 15 heteroatoms. The molecule has 0 spiro atoms. The van der Waals surface area contributed by atoms with E-state index in [-0.39, 0.29) is 23.0 Å². The highest BCUT2D eigenvalue weighted by molar-refractivity contribution is 6.17. The number of halogens is 5. The van der Waals surface area contributed by atoms with Crippen molar-refractivity contribution in [3.05, 3.63) is 143 Å². The molecule has 0 aliphatic carbocycles. The summed E-state index contributed by atoms with van der Waals surface area (Å²) in [5.74, 6) is 1.31. The number of benzene rings is 4. The molecule has 6 aromatic rings.